The molecular formula is C12H13BrN4O. The lowest BCUT2D eigenvalue weighted by molar-refractivity contribution is -0.117. The second-order valence-electron chi connectivity index (χ2n) is 4.28. The van der Waals surface area contributed by atoms with Gasteiger partial charge in [-0.1, -0.05) is 15.9 Å². The molecule has 0 aromatic carbocycles. The lowest BCUT2D eigenvalue weighted by Crippen LogP contribution is -2.30. The number of hydrogen-bond donors (Lipinski definition) is 1. The van der Waals surface area contributed by atoms with Crippen molar-refractivity contribution in [2.75, 3.05) is 5.32 Å². The van der Waals surface area contributed by atoms with E-state index in [4.69, 9.17) is 0 Å². The molecule has 0 fully saturated rings. The van der Waals surface area contributed by atoms with Gasteiger partial charge in [0.05, 0.1) is 16.2 Å². The van der Waals surface area contributed by atoms with Gasteiger partial charge in [-0.05, 0) is 32.0 Å². The number of aromatic nitrogens is 3. The van der Waals surface area contributed by atoms with Gasteiger partial charge in [0.15, 0.2) is 5.82 Å². The molecule has 0 aliphatic rings. The molecule has 0 spiro atoms. The Morgan fingerprint density at radius 2 is 2.22 bits per heavy atom. The summed E-state index contributed by atoms with van der Waals surface area (Å²) in [7, 11) is 0. The van der Waals surface area contributed by atoms with Gasteiger partial charge in [0.2, 0.25) is 5.91 Å². The Morgan fingerprint density at radius 3 is 2.72 bits per heavy atom. The maximum atomic E-state index is 11.7. The summed E-state index contributed by atoms with van der Waals surface area (Å²) in [5, 5.41) is 6.85. The molecule has 2 aromatic heterocycles. The zero-order chi connectivity index (χ0) is 13.2. The molecule has 2 rings (SSSR count). The molecule has 94 valence electrons. The van der Waals surface area contributed by atoms with E-state index in [1.165, 1.54) is 0 Å². The second-order valence-corrected chi connectivity index (χ2v) is 6.26. The largest absolute Gasteiger partial charge is 0.324 e. The van der Waals surface area contributed by atoms with Gasteiger partial charge in [0.25, 0.3) is 0 Å². The highest BCUT2D eigenvalue weighted by molar-refractivity contribution is 9.10. The zero-order valence-electron chi connectivity index (χ0n) is 10.1. The molecule has 0 radical (unpaired) electrons. The molecule has 5 nitrogen and oxygen atoms in total. The van der Waals surface area contributed by atoms with Gasteiger partial charge in [0.1, 0.15) is 0 Å². The fraction of sp³-hybridized carbons (Fsp3) is 0.250. The smallest absolute Gasteiger partial charge is 0.240 e. The van der Waals surface area contributed by atoms with Crippen LogP contribution in [-0.2, 0) is 4.79 Å². The number of nitrogens with zero attached hydrogens (tertiary/aromatic N) is 3. The molecular weight excluding hydrogens is 296 g/mol. The van der Waals surface area contributed by atoms with Crippen molar-refractivity contribution in [2.45, 2.75) is 18.2 Å². The van der Waals surface area contributed by atoms with Crippen LogP contribution in [0.15, 0.2) is 36.8 Å². The van der Waals surface area contributed by atoms with Crippen LogP contribution in [0, 0.1) is 0 Å². The summed E-state index contributed by atoms with van der Waals surface area (Å²) in [6.07, 6.45) is 5.10. The van der Waals surface area contributed by atoms with Gasteiger partial charge >= 0.3 is 0 Å². The molecule has 2 heterocycles. The molecule has 0 unspecified atom stereocenters. The first kappa shape index (κ1) is 12.8. The molecule has 0 atom stereocenters. The van der Waals surface area contributed by atoms with Crippen molar-refractivity contribution in [3.63, 3.8) is 0 Å². The van der Waals surface area contributed by atoms with Crippen molar-refractivity contribution in [3.8, 4) is 5.82 Å². The van der Waals surface area contributed by atoms with Gasteiger partial charge in [-0.3, -0.25) is 4.79 Å². The van der Waals surface area contributed by atoms with Crippen LogP contribution in [0.2, 0.25) is 0 Å². The van der Waals surface area contributed by atoms with E-state index >= 15 is 0 Å². The van der Waals surface area contributed by atoms with E-state index in [2.05, 4.69) is 31.3 Å². The Hall–Kier alpha value is -1.69. The van der Waals surface area contributed by atoms with E-state index in [9.17, 15) is 4.79 Å². The highest BCUT2D eigenvalue weighted by atomic mass is 79.9. The van der Waals surface area contributed by atoms with Crippen molar-refractivity contribution in [1.82, 2.24) is 14.8 Å². The minimum Gasteiger partial charge on any atom is -0.324 e. The number of rotatable bonds is 3. The maximum Gasteiger partial charge on any atom is 0.240 e. The Morgan fingerprint density at radius 1 is 1.44 bits per heavy atom. The van der Waals surface area contributed by atoms with Crippen molar-refractivity contribution < 1.29 is 4.79 Å². The molecule has 1 amide bonds. The number of hydrogen-bond acceptors (Lipinski definition) is 3. The Kier molecular flexibility index (Phi) is 3.47. The second kappa shape index (κ2) is 4.89. The van der Waals surface area contributed by atoms with Crippen molar-refractivity contribution in [2.24, 2.45) is 0 Å². The first-order valence-corrected chi connectivity index (χ1v) is 6.22. The van der Waals surface area contributed by atoms with E-state index in [1.807, 2.05) is 12.3 Å². The fourth-order valence-corrected chi connectivity index (χ4v) is 1.38. The monoisotopic (exact) mass is 308 g/mol. The number of halogens is 1. The van der Waals surface area contributed by atoms with Gasteiger partial charge in [0, 0.05) is 12.4 Å². The minimum absolute atomic E-state index is 0.115. The van der Waals surface area contributed by atoms with Crippen LogP contribution in [0.25, 0.3) is 5.82 Å². The van der Waals surface area contributed by atoms with Gasteiger partial charge in [-0.25, -0.2) is 9.67 Å². The van der Waals surface area contributed by atoms with Crippen molar-refractivity contribution in [1.29, 1.82) is 0 Å². The van der Waals surface area contributed by atoms with Gasteiger partial charge in [-0.15, -0.1) is 0 Å². The number of pyridine rings is 1. The maximum absolute atomic E-state index is 11.7. The van der Waals surface area contributed by atoms with Gasteiger partial charge < -0.3 is 5.32 Å². The Bertz CT molecular complexity index is 528. The lowest BCUT2D eigenvalue weighted by atomic mass is 10.2. The van der Waals surface area contributed by atoms with E-state index in [-0.39, 0.29) is 5.91 Å². The molecule has 0 aliphatic carbocycles. The minimum atomic E-state index is -0.604. The lowest BCUT2D eigenvalue weighted by Gasteiger charge is -2.15. The molecule has 6 heteroatoms. The van der Waals surface area contributed by atoms with E-state index < -0.39 is 4.32 Å². The number of amides is 1. The summed E-state index contributed by atoms with van der Waals surface area (Å²) in [4.78, 5) is 16.0. The fourth-order valence-electron chi connectivity index (χ4n) is 1.28. The molecule has 18 heavy (non-hydrogen) atoms. The average Bonchev–Trinajstić information content (AvgIpc) is 2.82. The summed E-state index contributed by atoms with van der Waals surface area (Å²) in [6, 6.07) is 5.41. The summed E-state index contributed by atoms with van der Waals surface area (Å²) in [5.74, 6) is 0.590. The average molecular weight is 309 g/mol. The standard InChI is InChI=1S/C12H13BrN4O/c1-12(2,13)11(18)16-9-4-5-10(14-8-9)17-7-3-6-15-17/h3-8H,1-2H3,(H,16,18). The molecule has 0 saturated carbocycles. The SMILES string of the molecule is CC(C)(Br)C(=O)Nc1ccc(-n2cccn2)nc1. The van der Waals surface area contributed by atoms with Crippen LogP contribution in [0.5, 0.6) is 0 Å². The third-order valence-electron chi connectivity index (χ3n) is 2.28. The number of carbonyl (C=O) groups is 1. The number of anilines is 1. The van der Waals surface area contributed by atoms with Crippen LogP contribution in [0.1, 0.15) is 13.8 Å². The number of carbonyl (C=O) groups excluding carboxylic acids is 1. The Labute approximate surface area is 113 Å². The number of nitrogens with one attached hydrogen (secondary N) is 1. The molecule has 0 aliphatic heterocycles. The van der Waals surface area contributed by atoms with Crippen molar-refractivity contribution in [3.05, 3.63) is 36.8 Å². The van der Waals surface area contributed by atoms with E-state index in [1.54, 1.807) is 43.1 Å². The first-order chi connectivity index (χ1) is 8.47. The summed E-state index contributed by atoms with van der Waals surface area (Å²) in [5.41, 5.74) is 0.656. The van der Waals surface area contributed by atoms with Crippen LogP contribution in [-0.4, -0.2) is 25.0 Å². The molecule has 2 aromatic rings. The summed E-state index contributed by atoms with van der Waals surface area (Å²) < 4.78 is 1.05. The van der Waals surface area contributed by atoms with Crippen LogP contribution in [0.4, 0.5) is 5.69 Å². The first-order valence-electron chi connectivity index (χ1n) is 5.43. The van der Waals surface area contributed by atoms with Crippen LogP contribution >= 0.6 is 15.9 Å². The zero-order valence-corrected chi connectivity index (χ0v) is 11.7. The third kappa shape index (κ3) is 2.95. The van der Waals surface area contributed by atoms with E-state index in [0.29, 0.717) is 11.5 Å². The molecule has 0 saturated heterocycles. The predicted molar refractivity (Wildman–Crippen MR) is 73.0 cm³/mol. The van der Waals surface area contributed by atoms with Crippen LogP contribution < -0.4 is 5.32 Å². The highest BCUT2D eigenvalue weighted by Crippen LogP contribution is 2.18. The van der Waals surface area contributed by atoms with E-state index in [0.717, 1.165) is 0 Å². The Balaban J connectivity index is 2.12. The summed E-state index contributed by atoms with van der Waals surface area (Å²) >= 11 is 3.30. The molecule has 0 bridgehead atoms. The van der Waals surface area contributed by atoms with Gasteiger partial charge in [-0.2, -0.15) is 5.10 Å². The third-order valence-corrected chi connectivity index (χ3v) is 2.64. The summed E-state index contributed by atoms with van der Waals surface area (Å²) in [6.45, 7) is 3.57. The van der Waals surface area contributed by atoms with Crippen LogP contribution in [0.3, 0.4) is 0 Å². The molecule has 1 N–H and O–H groups in total. The highest BCUT2D eigenvalue weighted by Gasteiger charge is 2.23. The topological polar surface area (TPSA) is 59.8 Å². The quantitative estimate of drug-likeness (QED) is 0.886. The normalized spacial score (nSPS) is 11.3. The number of alkyl halides is 1. The predicted octanol–water partition coefficient (Wildman–Crippen LogP) is 2.38. The van der Waals surface area contributed by atoms with Crippen molar-refractivity contribution >= 4 is 27.5 Å².